The monoisotopic (exact) mass is 494 g/mol. The van der Waals surface area contributed by atoms with Crippen LogP contribution in [-0.4, -0.2) is 32.8 Å². The number of carbonyl (C=O) groups is 2. The first-order valence-electron chi connectivity index (χ1n) is 10.5. The van der Waals surface area contributed by atoms with E-state index in [0.717, 1.165) is 0 Å². The highest BCUT2D eigenvalue weighted by Crippen LogP contribution is 2.26. The van der Waals surface area contributed by atoms with Crippen LogP contribution in [0.2, 0.25) is 10.0 Å². The number of hydrogen-bond donors (Lipinski definition) is 1. The molecule has 2 aromatic heterocycles. The lowest BCUT2D eigenvalue weighted by Crippen LogP contribution is -2.37. The molecule has 0 bridgehead atoms. The lowest BCUT2D eigenvalue weighted by atomic mass is 10.1. The van der Waals surface area contributed by atoms with Gasteiger partial charge in [-0.2, -0.15) is 0 Å². The molecule has 0 atom stereocenters. The molecule has 2 heterocycles. The topological polar surface area (TPSA) is 93.9 Å². The summed E-state index contributed by atoms with van der Waals surface area (Å²) in [5.74, 6) is -0.0132. The Labute approximate surface area is 205 Å². The van der Waals surface area contributed by atoms with E-state index in [4.69, 9.17) is 23.2 Å². The average Bonchev–Trinajstić information content (AvgIpc) is 2.79. The van der Waals surface area contributed by atoms with E-state index >= 15 is 0 Å². The number of aldehydes is 1. The smallest absolute Gasteiger partial charge is 0.262 e. The molecule has 7 nitrogen and oxygen atoms in total. The fraction of sp³-hybridized carbons (Fsp3) is 0.160. The van der Waals surface area contributed by atoms with E-state index < -0.39 is 5.56 Å². The first-order valence-corrected chi connectivity index (χ1v) is 11.2. The maximum atomic E-state index is 13.6. The van der Waals surface area contributed by atoms with Gasteiger partial charge in [-0.25, -0.2) is 4.98 Å². The highest BCUT2D eigenvalue weighted by molar-refractivity contribution is 6.31. The van der Waals surface area contributed by atoms with E-state index in [0.29, 0.717) is 50.1 Å². The number of amides is 1. The minimum Gasteiger partial charge on any atom is -0.352 e. The van der Waals surface area contributed by atoms with Gasteiger partial charge in [-0.1, -0.05) is 35.3 Å². The predicted molar refractivity (Wildman–Crippen MR) is 133 cm³/mol. The highest BCUT2D eigenvalue weighted by Gasteiger charge is 2.17. The summed E-state index contributed by atoms with van der Waals surface area (Å²) >= 11 is 12.3. The number of pyridine rings is 1. The van der Waals surface area contributed by atoms with Crippen molar-refractivity contribution in [3.63, 3.8) is 0 Å². The largest absolute Gasteiger partial charge is 0.352 e. The van der Waals surface area contributed by atoms with E-state index in [1.165, 1.54) is 16.8 Å². The third-order valence-electron chi connectivity index (χ3n) is 5.03. The van der Waals surface area contributed by atoms with Gasteiger partial charge in [0.25, 0.3) is 5.56 Å². The van der Waals surface area contributed by atoms with Gasteiger partial charge in [-0.3, -0.25) is 23.9 Å². The maximum absolute atomic E-state index is 13.6. The molecule has 172 valence electrons. The summed E-state index contributed by atoms with van der Waals surface area (Å²) in [7, 11) is 0. The second kappa shape index (κ2) is 9.75. The van der Waals surface area contributed by atoms with E-state index in [-0.39, 0.29) is 23.9 Å². The quantitative estimate of drug-likeness (QED) is 0.389. The van der Waals surface area contributed by atoms with Crippen LogP contribution in [0, 0.1) is 0 Å². The summed E-state index contributed by atoms with van der Waals surface area (Å²) in [5.41, 5.74) is 1.98. The van der Waals surface area contributed by atoms with Crippen molar-refractivity contribution in [2.75, 3.05) is 0 Å². The Morgan fingerprint density at radius 3 is 2.56 bits per heavy atom. The van der Waals surface area contributed by atoms with E-state index in [2.05, 4.69) is 15.3 Å². The summed E-state index contributed by atoms with van der Waals surface area (Å²) in [6, 6.07) is 13.2. The number of carbonyl (C=O) groups excluding carboxylic acids is 2. The molecular formula is C25H20Cl2N4O3. The molecule has 0 radical (unpaired) electrons. The number of nitrogens with zero attached hydrogens (tertiary/aromatic N) is 3. The predicted octanol–water partition coefficient (Wildman–Crippen LogP) is 4.77. The Kier molecular flexibility index (Phi) is 6.77. The van der Waals surface area contributed by atoms with Gasteiger partial charge in [0.2, 0.25) is 5.91 Å². The molecule has 0 aliphatic carbocycles. The Morgan fingerprint density at radius 2 is 1.85 bits per heavy atom. The maximum Gasteiger partial charge on any atom is 0.262 e. The van der Waals surface area contributed by atoms with Crippen molar-refractivity contribution in [2.24, 2.45) is 0 Å². The third-order valence-corrected chi connectivity index (χ3v) is 5.48. The number of halogens is 2. The third kappa shape index (κ3) is 5.00. The van der Waals surface area contributed by atoms with Crippen molar-refractivity contribution in [1.82, 2.24) is 19.9 Å². The Morgan fingerprint density at radius 1 is 1.09 bits per heavy atom. The normalized spacial score (nSPS) is 11.1. The second-order valence-electron chi connectivity index (χ2n) is 8.04. The highest BCUT2D eigenvalue weighted by atomic mass is 35.5. The van der Waals surface area contributed by atoms with Crippen LogP contribution in [-0.2, 0) is 11.3 Å². The van der Waals surface area contributed by atoms with Gasteiger partial charge < -0.3 is 5.32 Å². The molecule has 0 spiro atoms. The molecule has 1 N–H and O–H groups in total. The molecule has 2 aromatic carbocycles. The van der Waals surface area contributed by atoms with E-state index in [1.54, 1.807) is 42.5 Å². The summed E-state index contributed by atoms with van der Waals surface area (Å²) in [6.45, 7) is 3.47. The molecule has 0 saturated carbocycles. The first-order chi connectivity index (χ1) is 16.2. The van der Waals surface area contributed by atoms with Gasteiger partial charge in [0.1, 0.15) is 18.7 Å². The van der Waals surface area contributed by atoms with Crippen LogP contribution in [0.15, 0.2) is 59.5 Å². The van der Waals surface area contributed by atoms with Gasteiger partial charge in [-0.15, -0.1) is 0 Å². The SMILES string of the molecule is CC(C)NC(=O)Cn1c(-c2cccc(Cl)c2)nc2cnc(-c3cc(Cl)cc(C=O)c3)cc2c1=O. The molecule has 0 aliphatic heterocycles. The van der Waals surface area contributed by atoms with Crippen molar-refractivity contribution < 1.29 is 9.59 Å². The van der Waals surface area contributed by atoms with Crippen LogP contribution in [0.5, 0.6) is 0 Å². The zero-order valence-electron chi connectivity index (χ0n) is 18.4. The van der Waals surface area contributed by atoms with Gasteiger partial charge in [0, 0.05) is 32.8 Å². The Bertz CT molecular complexity index is 1480. The van der Waals surface area contributed by atoms with Crippen molar-refractivity contribution in [1.29, 1.82) is 0 Å². The molecule has 0 saturated heterocycles. The Hall–Kier alpha value is -3.55. The fourth-order valence-electron chi connectivity index (χ4n) is 3.62. The molecule has 4 rings (SSSR count). The average molecular weight is 495 g/mol. The zero-order valence-corrected chi connectivity index (χ0v) is 19.9. The lowest BCUT2D eigenvalue weighted by molar-refractivity contribution is -0.122. The molecule has 0 fully saturated rings. The summed E-state index contributed by atoms with van der Waals surface area (Å²) in [5, 5.41) is 3.93. The van der Waals surface area contributed by atoms with Crippen LogP contribution < -0.4 is 10.9 Å². The fourth-order valence-corrected chi connectivity index (χ4v) is 4.05. The molecule has 0 unspecified atom stereocenters. The van der Waals surface area contributed by atoms with Gasteiger partial charge in [-0.05, 0) is 50.2 Å². The second-order valence-corrected chi connectivity index (χ2v) is 8.91. The molecule has 9 heteroatoms. The van der Waals surface area contributed by atoms with Crippen LogP contribution >= 0.6 is 23.2 Å². The van der Waals surface area contributed by atoms with Crippen molar-refractivity contribution in [3.05, 3.63) is 80.7 Å². The first kappa shape index (κ1) is 23.6. The minimum atomic E-state index is -0.403. The number of fused-ring (bicyclic) bond motifs is 1. The van der Waals surface area contributed by atoms with Crippen LogP contribution in [0.25, 0.3) is 33.5 Å². The molecule has 4 aromatic rings. The van der Waals surface area contributed by atoms with Gasteiger partial charge in [0.05, 0.1) is 22.8 Å². The number of benzene rings is 2. The van der Waals surface area contributed by atoms with Crippen LogP contribution in [0.1, 0.15) is 24.2 Å². The summed E-state index contributed by atoms with van der Waals surface area (Å²) in [4.78, 5) is 46.5. The van der Waals surface area contributed by atoms with Gasteiger partial charge in [0.15, 0.2) is 0 Å². The lowest BCUT2D eigenvalue weighted by Gasteiger charge is -2.15. The van der Waals surface area contributed by atoms with E-state index in [1.807, 2.05) is 13.8 Å². The number of hydrogen-bond acceptors (Lipinski definition) is 5. The molecular weight excluding hydrogens is 475 g/mol. The standard InChI is InChI=1S/C25H20Cl2N4O3/c1-14(2)29-23(33)12-31-24(16-4-3-5-18(26)8-16)30-22-11-28-21(10-20(22)25(31)34)17-6-15(13-32)7-19(27)9-17/h3-11,13-14H,12H2,1-2H3,(H,29,33). The minimum absolute atomic E-state index is 0.0862. The van der Waals surface area contributed by atoms with Crippen molar-refractivity contribution in [3.8, 4) is 22.6 Å². The number of rotatable bonds is 6. The summed E-state index contributed by atoms with van der Waals surface area (Å²) in [6.07, 6.45) is 2.18. The van der Waals surface area contributed by atoms with Crippen LogP contribution in [0.4, 0.5) is 0 Å². The van der Waals surface area contributed by atoms with Crippen molar-refractivity contribution in [2.45, 2.75) is 26.4 Å². The Balaban J connectivity index is 1.92. The van der Waals surface area contributed by atoms with Gasteiger partial charge >= 0.3 is 0 Å². The zero-order chi connectivity index (χ0) is 24.4. The van der Waals surface area contributed by atoms with E-state index in [9.17, 15) is 14.4 Å². The molecule has 1 amide bonds. The van der Waals surface area contributed by atoms with Crippen LogP contribution in [0.3, 0.4) is 0 Å². The number of aromatic nitrogens is 3. The molecule has 34 heavy (non-hydrogen) atoms. The number of nitrogens with one attached hydrogen (secondary N) is 1. The molecule has 0 aliphatic rings. The van der Waals surface area contributed by atoms with Crippen molar-refractivity contribution >= 4 is 46.3 Å². The summed E-state index contributed by atoms with van der Waals surface area (Å²) < 4.78 is 1.32.